The average molecular weight is 365 g/mol. The van der Waals surface area contributed by atoms with Crippen LogP contribution in [-0.2, 0) is 11.3 Å². The Bertz CT molecular complexity index is 1110. The van der Waals surface area contributed by atoms with Gasteiger partial charge in [-0.2, -0.15) is 5.10 Å². The lowest BCUT2D eigenvalue weighted by Crippen LogP contribution is -2.29. The molecule has 0 saturated carbocycles. The van der Waals surface area contributed by atoms with Crippen molar-refractivity contribution in [2.45, 2.75) is 13.5 Å². The van der Waals surface area contributed by atoms with Crippen LogP contribution in [0, 0.1) is 6.92 Å². The molecule has 0 unspecified atom stereocenters. The first kappa shape index (κ1) is 16.2. The molecule has 4 rings (SSSR count). The topological polar surface area (TPSA) is 81.3 Å². The highest BCUT2D eigenvalue weighted by Crippen LogP contribution is 2.23. The Morgan fingerprint density at radius 2 is 2.00 bits per heavy atom. The lowest BCUT2D eigenvalue weighted by Gasteiger charge is -2.07. The number of imidazole rings is 1. The number of aryl methyl sites for hydroxylation is 1. The van der Waals surface area contributed by atoms with Crippen LogP contribution < -0.4 is 10.9 Å². The van der Waals surface area contributed by atoms with Crippen molar-refractivity contribution in [3.63, 3.8) is 0 Å². The third-order valence-corrected chi connectivity index (χ3v) is 4.62. The summed E-state index contributed by atoms with van der Waals surface area (Å²) in [5, 5.41) is 8.82. The fraction of sp³-hybridized carbons (Fsp3) is 0.111. The highest BCUT2D eigenvalue weighted by molar-refractivity contribution is 7.15. The minimum atomic E-state index is -0.305. The number of hydrogen-bond acceptors (Lipinski definition) is 5. The van der Waals surface area contributed by atoms with Crippen molar-refractivity contribution in [3.8, 4) is 11.3 Å². The van der Waals surface area contributed by atoms with E-state index in [1.807, 2.05) is 46.4 Å². The van der Waals surface area contributed by atoms with Crippen LogP contribution in [0.25, 0.3) is 16.2 Å². The van der Waals surface area contributed by atoms with Gasteiger partial charge in [-0.15, -0.1) is 11.3 Å². The lowest BCUT2D eigenvalue weighted by molar-refractivity contribution is -0.117. The molecule has 4 aromatic rings. The van der Waals surface area contributed by atoms with Gasteiger partial charge in [-0.05, 0) is 25.1 Å². The zero-order valence-corrected chi connectivity index (χ0v) is 14.7. The summed E-state index contributed by atoms with van der Waals surface area (Å²) in [4.78, 5) is 29.4. The Morgan fingerprint density at radius 1 is 1.19 bits per heavy atom. The van der Waals surface area contributed by atoms with E-state index in [1.54, 1.807) is 24.3 Å². The van der Waals surface area contributed by atoms with Crippen LogP contribution in [0.4, 0.5) is 5.69 Å². The number of benzene rings is 1. The van der Waals surface area contributed by atoms with Crippen molar-refractivity contribution in [1.82, 2.24) is 19.2 Å². The van der Waals surface area contributed by atoms with Gasteiger partial charge in [-0.25, -0.2) is 9.67 Å². The molecule has 130 valence electrons. The third-order valence-electron chi connectivity index (χ3n) is 3.85. The third kappa shape index (κ3) is 3.27. The quantitative estimate of drug-likeness (QED) is 0.603. The molecular formula is C18H15N5O2S. The molecule has 0 bridgehead atoms. The van der Waals surface area contributed by atoms with Gasteiger partial charge in [0.05, 0.1) is 11.4 Å². The highest BCUT2D eigenvalue weighted by atomic mass is 32.1. The average Bonchev–Trinajstić information content (AvgIpc) is 3.21. The second-order valence-electron chi connectivity index (χ2n) is 5.82. The first-order chi connectivity index (χ1) is 12.6. The minimum absolute atomic E-state index is 0.125. The number of hydrogen-bond donors (Lipinski definition) is 1. The fourth-order valence-corrected chi connectivity index (χ4v) is 3.29. The second kappa shape index (κ2) is 6.57. The van der Waals surface area contributed by atoms with Gasteiger partial charge in [-0.1, -0.05) is 12.1 Å². The molecule has 0 saturated heterocycles. The summed E-state index contributed by atoms with van der Waals surface area (Å²) >= 11 is 1.58. The van der Waals surface area contributed by atoms with Crippen molar-refractivity contribution >= 4 is 27.9 Å². The van der Waals surface area contributed by atoms with Crippen molar-refractivity contribution in [2.75, 3.05) is 5.32 Å². The first-order valence-electron chi connectivity index (χ1n) is 7.96. The van der Waals surface area contributed by atoms with E-state index in [9.17, 15) is 9.59 Å². The molecular weight excluding hydrogens is 350 g/mol. The van der Waals surface area contributed by atoms with E-state index < -0.39 is 0 Å². The molecule has 0 atom stereocenters. The van der Waals surface area contributed by atoms with Gasteiger partial charge in [0.2, 0.25) is 5.91 Å². The number of thiazole rings is 1. The number of nitrogens with one attached hydrogen (secondary N) is 1. The molecule has 1 aromatic carbocycles. The molecule has 0 aliphatic heterocycles. The summed E-state index contributed by atoms with van der Waals surface area (Å²) in [7, 11) is 0. The summed E-state index contributed by atoms with van der Waals surface area (Å²) in [5.74, 6) is -0.305. The molecule has 0 radical (unpaired) electrons. The number of fused-ring (bicyclic) bond motifs is 1. The van der Waals surface area contributed by atoms with Crippen molar-refractivity contribution < 1.29 is 4.79 Å². The Labute approximate surface area is 152 Å². The molecule has 0 aliphatic rings. The Kier molecular flexibility index (Phi) is 4.10. The maximum atomic E-state index is 12.2. The normalized spacial score (nSPS) is 11.0. The van der Waals surface area contributed by atoms with Crippen LogP contribution in [0.15, 0.2) is 59.0 Å². The molecule has 7 nitrogen and oxygen atoms in total. The number of carbonyl (C=O) groups excluding carboxylic acids is 1. The van der Waals surface area contributed by atoms with Gasteiger partial charge in [0.1, 0.15) is 6.54 Å². The number of aromatic nitrogens is 4. The van der Waals surface area contributed by atoms with Gasteiger partial charge in [0.25, 0.3) is 5.56 Å². The molecule has 1 N–H and O–H groups in total. The summed E-state index contributed by atoms with van der Waals surface area (Å²) in [6.45, 7) is 1.65. The number of anilines is 1. The Morgan fingerprint density at radius 3 is 2.77 bits per heavy atom. The van der Waals surface area contributed by atoms with E-state index in [1.165, 1.54) is 6.07 Å². The van der Waals surface area contributed by atoms with E-state index in [4.69, 9.17) is 0 Å². The second-order valence-corrected chi connectivity index (χ2v) is 6.69. The first-order valence-corrected chi connectivity index (χ1v) is 8.84. The maximum Gasteiger partial charge on any atom is 0.267 e. The van der Waals surface area contributed by atoms with Gasteiger partial charge < -0.3 is 5.32 Å². The van der Waals surface area contributed by atoms with E-state index >= 15 is 0 Å². The SMILES string of the molecule is Cc1ccc(=O)n(CC(=O)Nc2ccc(-c3cn4ccsc4n3)cc2)n1. The van der Waals surface area contributed by atoms with Crippen LogP contribution >= 0.6 is 11.3 Å². The summed E-state index contributed by atoms with van der Waals surface area (Å²) in [6.07, 6.45) is 3.93. The number of rotatable bonds is 4. The van der Waals surface area contributed by atoms with Gasteiger partial charge in [0.15, 0.2) is 4.96 Å². The van der Waals surface area contributed by atoms with Gasteiger partial charge in [-0.3, -0.25) is 14.0 Å². The summed E-state index contributed by atoms with van der Waals surface area (Å²) < 4.78 is 3.12. The molecule has 0 aliphatic carbocycles. The molecule has 26 heavy (non-hydrogen) atoms. The van der Waals surface area contributed by atoms with E-state index in [-0.39, 0.29) is 18.0 Å². The number of nitrogens with zero attached hydrogens (tertiary/aromatic N) is 4. The minimum Gasteiger partial charge on any atom is -0.324 e. The number of amides is 1. The van der Waals surface area contributed by atoms with Crippen molar-refractivity contribution in [2.24, 2.45) is 0 Å². The summed E-state index contributed by atoms with van der Waals surface area (Å²) in [6, 6.07) is 10.5. The van der Waals surface area contributed by atoms with Crippen LogP contribution in [-0.4, -0.2) is 25.1 Å². The zero-order valence-electron chi connectivity index (χ0n) is 13.9. The fourth-order valence-electron chi connectivity index (χ4n) is 2.59. The molecule has 8 heteroatoms. The molecule has 0 spiro atoms. The number of carbonyl (C=O) groups is 1. The lowest BCUT2D eigenvalue weighted by atomic mass is 10.1. The zero-order chi connectivity index (χ0) is 18.1. The highest BCUT2D eigenvalue weighted by Gasteiger charge is 2.08. The Balaban J connectivity index is 1.46. The molecule has 3 heterocycles. The molecule has 3 aromatic heterocycles. The van der Waals surface area contributed by atoms with Gasteiger partial charge in [0, 0.05) is 35.1 Å². The van der Waals surface area contributed by atoms with Gasteiger partial charge >= 0.3 is 0 Å². The predicted molar refractivity (Wildman–Crippen MR) is 100 cm³/mol. The van der Waals surface area contributed by atoms with E-state index in [0.717, 1.165) is 20.9 Å². The maximum absolute atomic E-state index is 12.2. The van der Waals surface area contributed by atoms with Crippen LogP contribution in [0.1, 0.15) is 5.69 Å². The van der Waals surface area contributed by atoms with Crippen molar-refractivity contribution in [3.05, 3.63) is 70.2 Å². The van der Waals surface area contributed by atoms with E-state index in [2.05, 4.69) is 15.4 Å². The van der Waals surface area contributed by atoms with E-state index in [0.29, 0.717) is 11.4 Å². The van der Waals surface area contributed by atoms with Crippen LogP contribution in [0.3, 0.4) is 0 Å². The van der Waals surface area contributed by atoms with Crippen LogP contribution in [0.5, 0.6) is 0 Å². The largest absolute Gasteiger partial charge is 0.324 e. The Hall–Kier alpha value is -3.26. The van der Waals surface area contributed by atoms with Crippen molar-refractivity contribution in [1.29, 1.82) is 0 Å². The van der Waals surface area contributed by atoms with Crippen LogP contribution in [0.2, 0.25) is 0 Å². The monoisotopic (exact) mass is 365 g/mol. The smallest absolute Gasteiger partial charge is 0.267 e. The summed E-state index contributed by atoms with van der Waals surface area (Å²) in [5.41, 5.74) is 2.88. The standard InChI is InChI=1S/C18H15N5O2S/c1-12-2-7-17(25)23(21-12)11-16(24)19-14-5-3-13(4-6-14)15-10-22-8-9-26-18(22)20-15/h2-10H,11H2,1H3,(H,19,24). The predicted octanol–water partition coefficient (Wildman–Crippen LogP) is 2.57. The molecule has 1 amide bonds. The molecule has 0 fully saturated rings.